The van der Waals surface area contributed by atoms with Gasteiger partial charge in [-0.3, -0.25) is 9.78 Å². The Kier molecular flexibility index (Phi) is 2.85. The van der Waals surface area contributed by atoms with Gasteiger partial charge in [0.25, 0.3) is 5.56 Å². The number of anilines is 2. The van der Waals surface area contributed by atoms with E-state index < -0.39 is 0 Å². The Balaban J connectivity index is 2.26. The fraction of sp³-hybridized carbons (Fsp3) is 0.636. The topological polar surface area (TPSA) is 75.0 Å². The molecular weight excluding hydrogens is 204 g/mol. The first-order valence-electron chi connectivity index (χ1n) is 5.66. The lowest BCUT2D eigenvalue weighted by Gasteiger charge is -2.35. The molecular formula is C11H18N4O. The maximum absolute atomic E-state index is 11.3. The minimum atomic E-state index is -0.187. The number of H-pyrrole nitrogens is 1. The highest BCUT2D eigenvalue weighted by Gasteiger charge is 2.23. The number of rotatable bonds is 1. The predicted octanol–water partition coefficient (Wildman–Crippen LogP) is 0.834. The molecule has 1 saturated heterocycles. The summed E-state index contributed by atoms with van der Waals surface area (Å²) in [6, 6.07) is 1.31. The van der Waals surface area contributed by atoms with Crippen molar-refractivity contribution in [3.63, 3.8) is 0 Å². The van der Waals surface area contributed by atoms with Crippen LogP contribution in [0.15, 0.2) is 10.9 Å². The van der Waals surface area contributed by atoms with Crippen molar-refractivity contribution < 1.29 is 0 Å². The van der Waals surface area contributed by atoms with Crippen molar-refractivity contribution in [1.82, 2.24) is 9.97 Å². The second-order valence-electron chi connectivity index (χ2n) is 4.84. The summed E-state index contributed by atoms with van der Waals surface area (Å²) >= 11 is 0. The van der Waals surface area contributed by atoms with Gasteiger partial charge in [0, 0.05) is 19.2 Å². The van der Waals surface area contributed by atoms with E-state index in [1.165, 1.54) is 12.5 Å². The highest BCUT2D eigenvalue weighted by Crippen LogP contribution is 2.23. The Morgan fingerprint density at radius 2 is 2.06 bits per heavy atom. The molecule has 1 aromatic heterocycles. The van der Waals surface area contributed by atoms with Crippen LogP contribution in [0.4, 0.5) is 11.8 Å². The number of nitrogen functional groups attached to an aromatic ring is 1. The quantitative estimate of drug-likeness (QED) is 0.738. The number of piperidine rings is 1. The molecule has 2 heterocycles. The van der Waals surface area contributed by atoms with Crippen molar-refractivity contribution in [2.45, 2.75) is 20.3 Å². The molecule has 0 aliphatic carbocycles. The number of hydrogen-bond acceptors (Lipinski definition) is 4. The first-order valence-corrected chi connectivity index (χ1v) is 5.66. The van der Waals surface area contributed by atoms with Crippen LogP contribution >= 0.6 is 0 Å². The molecule has 0 amide bonds. The van der Waals surface area contributed by atoms with Gasteiger partial charge in [-0.1, -0.05) is 13.8 Å². The average Bonchev–Trinajstić information content (AvgIpc) is 2.14. The smallest absolute Gasteiger partial charge is 0.254 e. The summed E-state index contributed by atoms with van der Waals surface area (Å²) in [5.41, 5.74) is 5.39. The summed E-state index contributed by atoms with van der Waals surface area (Å²) < 4.78 is 0. The number of nitrogens with one attached hydrogen (secondary N) is 1. The van der Waals surface area contributed by atoms with Crippen LogP contribution in [0.1, 0.15) is 20.3 Å². The molecule has 0 bridgehead atoms. The molecule has 0 spiro atoms. The molecule has 16 heavy (non-hydrogen) atoms. The third-order valence-corrected chi connectivity index (χ3v) is 2.92. The van der Waals surface area contributed by atoms with Crippen molar-refractivity contribution in [3.8, 4) is 0 Å². The van der Waals surface area contributed by atoms with E-state index in [9.17, 15) is 4.79 Å². The highest BCUT2D eigenvalue weighted by molar-refractivity contribution is 5.38. The summed E-state index contributed by atoms with van der Waals surface area (Å²) in [6.07, 6.45) is 1.23. The third-order valence-electron chi connectivity index (χ3n) is 2.92. The third kappa shape index (κ3) is 2.35. The van der Waals surface area contributed by atoms with Gasteiger partial charge >= 0.3 is 0 Å². The summed E-state index contributed by atoms with van der Waals surface area (Å²) in [6.45, 7) is 6.29. The molecule has 0 unspecified atom stereocenters. The van der Waals surface area contributed by atoms with Gasteiger partial charge in [-0.25, -0.2) is 0 Å². The Morgan fingerprint density at radius 3 is 2.62 bits per heavy atom. The van der Waals surface area contributed by atoms with E-state index in [0.29, 0.717) is 17.8 Å². The predicted molar refractivity (Wildman–Crippen MR) is 64.4 cm³/mol. The lowest BCUT2D eigenvalue weighted by molar-refractivity contribution is 0.353. The molecule has 1 aromatic rings. The molecule has 1 aliphatic heterocycles. The second-order valence-corrected chi connectivity index (χ2v) is 4.84. The molecule has 5 nitrogen and oxygen atoms in total. The highest BCUT2D eigenvalue weighted by atomic mass is 16.1. The normalized spacial score (nSPS) is 25.8. The minimum Gasteiger partial charge on any atom is -0.383 e. The van der Waals surface area contributed by atoms with Crippen molar-refractivity contribution in [1.29, 1.82) is 0 Å². The van der Waals surface area contributed by atoms with Gasteiger partial charge < -0.3 is 10.6 Å². The lowest BCUT2D eigenvalue weighted by atomic mass is 9.92. The first-order chi connectivity index (χ1) is 7.54. The zero-order chi connectivity index (χ0) is 11.7. The maximum Gasteiger partial charge on any atom is 0.254 e. The second kappa shape index (κ2) is 4.15. The van der Waals surface area contributed by atoms with Crippen molar-refractivity contribution in [2.75, 3.05) is 23.7 Å². The van der Waals surface area contributed by atoms with Crippen LogP contribution in [0.25, 0.3) is 0 Å². The Hall–Kier alpha value is -1.52. The fourth-order valence-corrected chi connectivity index (χ4v) is 2.45. The summed E-state index contributed by atoms with van der Waals surface area (Å²) in [7, 11) is 0. The zero-order valence-electron chi connectivity index (χ0n) is 9.73. The monoisotopic (exact) mass is 222 g/mol. The number of aromatic nitrogens is 2. The van der Waals surface area contributed by atoms with Gasteiger partial charge in [0.2, 0.25) is 5.95 Å². The van der Waals surface area contributed by atoms with Crippen LogP contribution in [0.3, 0.4) is 0 Å². The van der Waals surface area contributed by atoms with E-state index in [1.807, 2.05) is 0 Å². The molecule has 1 fully saturated rings. The van der Waals surface area contributed by atoms with Crippen LogP contribution < -0.4 is 16.2 Å². The van der Waals surface area contributed by atoms with Crippen LogP contribution in [-0.4, -0.2) is 23.1 Å². The Bertz CT molecular complexity index is 418. The van der Waals surface area contributed by atoms with Crippen LogP contribution in [0, 0.1) is 11.8 Å². The van der Waals surface area contributed by atoms with Crippen LogP contribution in [0.5, 0.6) is 0 Å². The Labute approximate surface area is 94.7 Å². The van der Waals surface area contributed by atoms with Gasteiger partial charge in [0.15, 0.2) is 0 Å². The molecule has 0 radical (unpaired) electrons. The van der Waals surface area contributed by atoms with Crippen LogP contribution in [0.2, 0.25) is 0 Å². The van der Waals surface area contributed by atoms with E-state index in [1.54, 1.807) is 0 Å². The van der Waals surface area contributed by atoms with Crippen molar-refractivity contribution in [3.05, 3.63) is 16.4 Å². The molecule has 88 valence electrons. The number of hydrogen-bond donors (Lipinski definition) is 2. The van der Waals surface area contributed by atoms with Gasteiger partial charge in [-0.15, -0.1) is 0 Å². The van der Waals surface area contributed by atoms with E-state index in [2.05, 4.69) is 28.7 Å². The minimum absolute atomic E-state index is 0.187. The standard InChI is InChI=1S/C11H18N4O/c1-7-3-8(2)6-15(5-7)11-13-9(12)4-10(16)14-11/h4,7-8H,3,5-6H2,1-2H3,(H3,12,13,14,16)/t7-,8-/m0/s1. The molecule has 2 atom stereocenters. The molecule has 0 aromatic carbocycles. The Morgan fingerprint density at radius 1 is 1.44 bits per heavy atom. The number of nitrogens with two attached hydrogens (primary N) is 1. The summed E-state index contributed by atoms with van der Waals surface area (Å²) in [5.74, 6) is 2.12. The number of aromatic amines is 1. The van der Waals surface area contributed by atoms with E-state index in [0.717, 1.165) is 13.1 Å². The molecule has 5 heteroatoms. The first kappa shape index (κ1) is 11.0. The lowest BCUT2D eigenvalue weighted by Crippen LogP contribution is -2.40. The van der Waals surface area contributed by atoms with E-state index in [-0.39, 0.29) is 11.4 Å². The van der Waals surface area contributed by atoms with Gasteiger partial charge in [0.05, 0.1) is 0 Å². The largest absolute Gasteiger partial charge is 0.383 e. The van der Waals surface area contributed by atoms with Crippen molar-refractivity contribution in [2.24, 2.45) is 11.8 Å². The molecule has 3 N–H and O–H groups in total. The summed E-state index contributed by atoms with van der Waals surface area (Å²) in [4.78, 5) is 20.3. The molecule has 0 saturated carbocycles. The SMILES string of the molecule is C[C@H]1C[C@H](C)CN(c2nc(N)cc(=O)[nH]2)C1. The molecule has 1 aliphatic rings. The van der Waals surface area contributed by atoms with E-state index >= 15 is 0 Å². The van der Waals surface area contributed by atoms with Crippen LogP contribution in [-0.2, 0) is 0 Å². The van der Waals surface area contributed by atoms with Gasteiger partial charge in [-0.05, 0) is 18.3 Å². The van der Waals surface area contributed by atoms with Gasteiger partial charge in [0.1, 0.15) is 5.82 Å². The zero-order valence-corrected chi connectivity index (χ0v) is 9.73. The maximum atomic E-state index is 11.3. The average molecular weight is 222 g/mol. The van der Waals surface area contributed by atoms with Crippen molar-refractivity contribution >= 4 is 11.8 Å². The van der Waals surface area contributed by atoms with Gasteiger partial charge in [-0.2, -0.15) is 4.98 Å². The molecule has 2 rings (SSSR count). The number of nitrogens with zero attached hydrogens (tertiary/aromatic N) is 2. The summed E-state index contributed by atoms with van der Waals surface area (Å²) in [5, 5.41) is 0. The fourth-order valence-electron chi connectivity index (χ4n) is 2.45. The van der Waals surface area contributed by atoms with E-state index in [4.69, 9.17) is 5.73 Å².